The van der Waals surface area contributed by atoms with E-state index in [-0.39, 0.29) is 12.1 Å². The Morgan fingerprint density at radius 1 is 1.32 bits per heavy atom. The van der Waals surface area contributed by atoms with Crippen molar-refractivity contribution in [1.29, 1.82) is 0 Å². The molecule has 0 bridgehead atoms. The molecule has 2 heterocycles. The summed E-state index contributed by atoms with van der Waals surface area (Å²) in [6.07, 6.45) is 4.34. The number of halogens is 1. The first-order valence-corrected chi connectivity index (χ1v) is 8.12. The van der Waals surface area contributed by atoms with Gasteiger partial charge in [0.1, 0.15) is 5.65 Å². The molecule has 2 aromatic heterocycles. The zero-order valence-corrected chi connectivity index (χ0v) is 13.5. The molecular weight excluding hydrogens is 342 g/mol. The molecular formula is C17H16BrN3O. The molecule has 112 valence electrons. The molecule has 2 atom stereocenters. The fraction of sp³-hybridized carbons (Fsp3) is 0.235. The molecule has 1 aliphatic carbocycles. The number of rotatable bonds is 3. The number of imidazole rings is 1. The second-order valence-corrected chi connectivity index (χ2v) is 6.59. The maximum atomic E-state index is 10.3. The molecule has 0 aliphatic heterocycles. The van der Waals surface area contributed by atoms with Crippen molar-refractivity contribution >= 4 is 21.6 Å². The van der Waals surface area contributed by atoms with Gasteiger partial charge in [-0.2, -0.15) is 0 Å². The van der Waals surface area contributed by atoms with E-state index in [1.165, 1.54) is 11.1 Å². The van der Waals surface area contributed by atoms with Gasteiger partial charge < -0.3 is 14.8 Å². The summed E-state index contributed by atoms with van der Waals surface area (Å²) in [5.74, 6) is 0. The molecule has 0 saturated heterocycles. The highest BCUT2D eigenvalue weighted by atomic mass is 79.9. The van der Waals surface area contributed by atoms with Crippen LogP contribution in [0.5, 0.6) is 0 Å². The second kappa shape index (κ2) is 5.50. The van der Waals surface area contributed by atoms with Gasteiger partial charge in [-0.05, 0) is 23.3 Å². The van der Waals surface area contributed by atoms with Gasteiger partial charge in [0, 0.05) is 29.8 Å². The summed E-state index contributed by atoms with van der Waals surface area (Å²) in [6, 6.07) is 12.2. The van der Waals surface area contributed by atoms with Gasteiger partial charge in [-0.1, -0.05) is 40.2 Å². The highest BCUT2D eigenvalue weighted by molar-refractivity contribution is 9.10. The highest BCUT2D eigenvalue weighted by Gasteiger charge is 2.30. The van der Waals surface area contributed by atoms with Crippen LogP contribution in [0.4, 0.5) is 0 Å². The molecule has 0 amide bonds. The third-order valence-electron chi connectivity index (χ3n) is 4.18. The maximum Gasteiger partial charge on any atom is 0.138 e. The Morgan fingerprint density at radius 3 is 3.09 bits per heavy atom. The van der Waals surface area contributed by atoms with Crippen molar-refractivity contribution in [2.75, 3.05) is 0 Å². The smallest absolute Gasteiger partial charge is 0.138 e. The Bertz CT molecular complexity index is 830. The average molecular weight is 358 g/mol. The lowest BCUT2D eigenvalue weighted by atomic mass is 10.1. The van der Waals surface area contributed by atoms with Crippen LogP contribution in [0.1, 0.15) is 22.9 Å². The summed E-state index contributed by atoms with van der Waals surface area (Å²) in [5.41, 5.74) is 4.31. The van der Waals surface area contributed by atoms with E-state index in [2.05, 4.69) is 38.4 Å². The minimum Gasteiger partial charge on any atom is -0.391 e. The largest absolute Gasteiger partial charge is 0.391 e. The molecule has 5 heteroatoms. The van der Waals surface area contributed by atoms with Crippen molar-refractivity contribution in [3.05, 3.63) is 70.1 Å². The van der Waals surface area contributed by atoms with Gasteiger partial charge in [0.2, 0.25) is 0 Å². The number of hydrogen-bond acceptors (Lipinski definition) is 3. The lowest BCUT2D eigenvalue weighted by molar-refractivity contribution is 0.140. The summed E-state index contributed by atoms with van der Waals surface area (Å²) >= 11 is 3.46. The summed E-state index contributed by atoms with van der Waals surface area (Å²) in [4.78, 5) is 4.60. The van der Waals surface area contributed by atoms with Crippen LogP contribution < -0.4 is 5.32 Å². The van der Waals surface area contributed by atoms with Crippen LogP contribution in [-0.4, -0.2) is 20.6 Å². The van der Waals surface area contributed by atoms with Gasteiger partial charge in [-0.3, -0.25) is 0 Å². The standard InChI is InChI=1S/C17H16BrN3O/c18-12-5-6-21-10-13(20-16(21)8-12)9-19-17-14-4-2-1-3-11(14)7-15(17)22/h1-6,8,10,15,17,19,22H,7,9H2/t15-,17-/m1/s1. The number of aromatic nitrogens is 2. The van der Waals surface area contributed by atoms with Crippen LogP contribution in [-0.2, 0) is 13.0 Å². The molecule has 0 spiro atoms. The fourth-order valence-electron chi connectivity index (χ4n) is 3.13. The zero-order valence-electron chi connectivity index (χ0n) is 11.9. The third kappa shape index (κ3) is 2.45. The first-order valence-electron chi connectivity index (χ1n) is 7.33. The number of aliphatic hydroxyl groups excluding tert-OH is 1. The Morgan fingerprint density at radius 2 is 2.18 bits per heavy atom. The van der Waals surface area contributed by atoms with E-state index in [0.29, 0.717) is 13.0 Å². The van der Waals surface area contributed by atoms with E-state index in [4.69, 9.17) is 0 Å². The summed E-state index contributed by atoms with van der Waals surface area (Å²) < 4.78 is 3.02. The van der Waals surface area contributed by atoms with E-state index in [0.717, 1.165) is 15.8 Å². The molecule has 3 aromatic rings. The van der Waals surface area contributed by atoms with Crippen LogP contribution in [0.2, 0.25) is 0 Å². The van der Waals surface area contributed by atoms with Crippen LogP contribution in [0, 0.1) is 0 Å². The lowest BCUT2D eigenvalue weighted by Crippen LogP contribution is -2.28. The molecule has 4 nitrogen and oxygen atoms in total. The average Bonchev–Trinajstić information content (AvgIpc) is 3.04. The zero-order chi connectivity index (χ0) is 15.1. The molecule has 2 N–H and O–H groups in total. The van der Waals surface area contributed by atoms with E-state index >= 15 is 0 Å². The number of pyridine rings is 1. The predicted octanol–water partition coefficient (Wildman–Crippen LogP) is 2.84. The summed E-state index contributed by atoms with van der Waals surface area (Å²) in [6.45, 7) is 0.634. The quantitative estimate of drug-likeness (QED) is 0.757. The van der Waals surface area contributed by atoms with Gasteiger partial charge in [0.15, 0.2) is 0 Å². The highest BCUT2D eigenvalue weighted by Crippen LogP contribution is 2.31. The Balaban J connectivity index is 1.54. The van der Waals surface area contributed by atoms with Crippen molar-refractivity contribution in [3.8, 4) is 0 Å². The molecule has 4 rings (SSSR count). The number of hydrogen-bond donors (Lipinski definition) is 2. The molecule has 0 fully saturated rings. The minimum absolute atomic E-state index is 0.0206. The molecule has 0 saturated carbocycles. The SMILES string of the molecule is O[C@@H]1Cc2ccccc2[C@H]1NCc1cn2ccc(Br)cc2n1. The van der Waals surface area contributed by atoms with Gasteiger partial charge in [-0.25, -0.2) is 4.98 Å². The van der Waals surface area contributed by atoms with Crippen LogP contribution in [0.25, 0.3) is 5.65 Å². The third-order valence-corrected chi connectivity index (χ3v) is 4.67. The van der Waals surface area contributed by atoms with Crippen LogP contribution >= 0.6 is 15.9 Å². The van der Waals surface area contributed by atoms with Crippen LogP contribution in [0.15, 0.2) is 53.3 Å². The number of benzene rings is 1. The molecule has 1 aromatic carbocycles. The summed E-state index contributed by atoms with van der Waals surface area (Å²) in [7, 11) is 0. The first kappa shape index (κ1) is 13.9. The van der Waals surface area contributed by atoms with E-state index < -0.39 is 0 Å². The maximum absolute atomic E-state index is 10.3. The van der Waals surface area contributed by atoms with Gasteiger partial charge in [0.05, 0.1) is 17.8 Å². The Kier molecular flexibility index (Phi) is 3.48. The number of nitrogens with zero attached hydrogens (tertiary/aromatic N) is 2. The predicted molar refractivity (Wildman–Crippen MR) is 88.6 cm³/mol. The molecule has 0 radical (unpaired) electrons. The van der Waals surface area contributed by atoms with Crippen molar-refractivity contribution in [3.63, 3.8) is 0 Å². The molecule has 1 aliphatic rings. The van der Waals surface area contributed by atoms with Crippen molar-refractivity contribution in [2.24, 2.45) is 0 Å². The topological polar surface area (TPSA) is 49.6 Å². The first-order chi connectivity index (χ1) is 10.7. The van der Waals surface area contributed by atoms with Gasteiger partial charge in [-0.15, -0.1) is 0 Å². The fourth-order valence-corrected chi connectivity index (χ4v) is 3.45. The lowest BCUT2D eigenvalue weighted by Gasteiger charge is -2.17. The Labute approximate surface area is 136 Å². The van der Waals surface area contributed by atoms with Crippen molar-refractivity contribution in [2.45, 2.75) is 25.1 Å². The Hall–Kier alpha value is -1.69. The monoisotopic (exact) mass is 357 g/mol. The van der Waals surface area contributed by atoms with Gasteiger partial charge >= 0.3 is 0 Å². The van der Waals surface area contributed by atoms with Crippen molar-refractivity contribution < 1.29 is 5.11 Å². The van der Waals surface area contributed by atoms with E-state index in [1.54, 1.807) is 0 Å². The van der Waals surface area contributed by atoms with Gasteiger partial charge in [0.25, 0.3) is 0 Å². The van der Waals surface area contributed by atoms with E-state index in [1.807, 2.05) is 41.1 Å². The normalized spacial score (nSPS) is 20.5. The minimum atomic E-state index is -0.372. The van der Waals surface area contributed by atoms with Crippen molar-refractivity contribution in [1.82, 2.24) is 14.7 Å². The van der Waals surface area contributed by atoms with E-state index in [9.17, 15) is 5.11 Å². The second-order valence-electron chi connectivity index (χ2n) is 5.67. The number of fused-ring (bicyclic) bond motifs is 2. The van der Waals surface area contributed by atoms with Crippen LogP contribution in [0.3, 0.4) is 0 Å². The summed E-state index contributed by atoms with van der Waals surface area (Å²) in [5, 5.41) is 13.7. The number of nitrogens with one attached hydrogen (secondary N) is 1. The number of aliphatic hydroxyl groups is 1. The molecule has 0 unspecified atom stereocenters. The molecule has 22 heavy (non-hydrogen) atoms.